The van der Waals surface area contributed by atoms with Gasteiger partial charge in [-0.2, -0.15) is 0 Å². The van der Waals surface area contributed by atoms with Crippen molar-refractivity contribution < 1.29 is 0 Å². The van der Waals surface area contributed by atoms with Gasteiger partial charge >= 0.3 is 0 Å². The van der Waals surface area contributed by atoms with Crippen LogP contribution in [-0.4, -0.2) is 0 Å². The van der Waals surface area contributed by atoms with Crippen LogP contribution in [0.4, 0.5) is 0 Å². The van der Waals surface area contributed by atoms with Gasteiger partial charge < -0.3 is 0 Å². The van der Waals surface area contributed by atoms with E-state index in [0.29, 0.717) is 0 Å². The maximum Gasteiger partial charge on any atom is -0.0174 e. The molecule has 0 saturated heterocycles. The zero-order chi connectivity index (χ0) is 7.11. The lowest BCUT2D eigenvalue weighted by Gasteiger charge is -2.06. The van der Waals surface area contributed by atoms with Crippen LogP contribution < -0.4 is 0 Å². The molecule has 0 N–H and O–H groups in total. The Morgan fingerprint density at radius 2 is 2.22 bits per heavy atom. The van der Waals surface area contributed by atoms with Gasteiger partial charge in [-0.05, 0) is 25.2 Å². The van der Waals surface area contributed by atoms with E-state index in [1.807, 2.05) is 0 Å². The van der Waals surface area contributed by atoms with Crippen LogP contribution in [0.5, 0.6) is 0 Å². The van der Waals surface area contributed by atoms with Crippen LogP contribution in [-0.2, 0) is 0 Å². The molecule has 1 atom stereocenters. The average molecular weight is 125 g/mol. The highest BCUT2D eigenvalue weighted by Crippen LogP contribution is 2.11. The first-order valence-electron chi connectivity index (χ1n) is 3.81. The Bertz CT molecular complexity index is 48.0. The summed E-state index contributed by atoms with van der Waals surface area (Å²) in [5, 5.41) is 0. The molecule has 0 heteroatoms. The van der Waals surface area contributed by atoms with E-state index in [9.17, 15) is 0 Å². The Hall–Kier alpha value is 0. The molecule has 0 aliphatic heterocycles. The van der Waals surface area contributed by atoms with Crippen LogP contribution in [0.25, 0.3) is 0 Å². The molecule has 53 valence electrons. The van der Waals surface area contributed by atoms with E-state index in [4.69, 9.17) is 0 Å². The molecule has 0 heterocycles. The third kappa shape index (κ3) is 5.88. The van der Waals surface area contributed by atoms with Crippen LogP contribution in [0.3, 0.4) is 0 Å². The second-order valence-electron chi connectivity index (χ2n) is 2.56. The number of hydrogen-bond acceptors (Lipinski definition) is 0. The van der Waals surface area contributed by atoms with Crippen LogP contribution in [0.15, 0.2) is 0 Å². The van der Waals surface area contributed by atoms with Crippen molar-refractivity contribution in [3.8, 4) is 0 Å². The molecule has 0 fully saturated rings. The summed E-state index contributed by atoms with van der Waals surface area (Å²) in [5.41, 5.74) is 0. The highest BCUT2D eigenvalue weighted by Gasteiger charge is 1.97. The van der Waals surface area contributed by atoms with Crippen molar-refractivity contribution in [3.63, 3.8) is 0 Å². The maximum atomic E-state index is 3.81. The van der Waals surface area contributed by atoms with Crippen LogP contribution in [0, 0.1) is 19.3 Å². The van der Waals surface area contributed by atoms with Gasteiger partial charge in [0.25, 0.3) is 0 Å². The number of unbranched alkanes of at least 4 members (excludes halogenated alkanes) is 1. The molecule has 0 rings (SSSR count). The van der Waals surface area contributed by atoms with Gasteiger partial charge in [-0.25, -0.2) is 0 Å². The Morgan fingerprint density at radius 3 is 2.67 bits per heavy atom. The Balaban J connectivity index is 2.95. The van der Waals surface area contributed by atoms with E-state index in [1.54, 1.807) is 0 Å². The van der Waals surface area contributed by atoms with Crippen LogP contribution in [0.1, 0.15) is 39.5 Å². The van der Waals surface area contributed by atoms with Crippen molar-refractivity contribution in [2.24, 2.45) is 5.92 Å². The zero-order valence-electron chi connectivity index (χ0n) is 6.61. The van der Waals surface area contributed by atoms with E-state index in [-0.39, 0.29) is 0 Å². The second kappa shape index (κ2) is 6.12. The third-order valence-electron chi connectivity index (χ3n) is 1.44. The molecule has 0 aliphatic rings. The van der Waals surface area contributed by atoms with E-state index in [0.717, 1.165) is 25.2 Å². The zero-order valence-corrected chi connectivity index (χ0v) is 6.61. The highest BCUT2D eigenvalue weighted by atomic mass is 14.0. The lowest BCUT2D eigenvalue weighted by molar-refractivity contribution is 0.523. The fourth-order valence-corrected chi connectivity index (χ4v) is 0.841. The molecule has 0 aliphatic carbocycles. The molecule has 0 aromatic rings. The van der Waals surface area contributed by atoms with Gasteiger partial charge in [0.2, 0.25) is 0 Å². The van der Waals surface area contributed by atoms with E-state index in [1.165, 1.54) is 6.42 Å². The third-order valence-corrected chi connectivity index (χ3v) is 1.44. The van der Waals surface area contributed by atoms with Gasteiger partial charge in [-0.1, -0.05) is 33.6 Å². The summed E-state index contributed by atoms with van der Waals surface area (Å²) >= 11 is 0. The predicted molar refractivity (Wildman–Crippen MR) is 41.9 cm³/mol. The minimum absolute atomic E-state index is 0.794. The molecular weight excluding hydrogens is 108 g/mol. The van der Waals surface area contributed by atoms with Crippen molar-refractivity contribution in [3.05, 3.63) is 13.3 Å². The van der Waals surface area contributed by atoms with Gasteiger partial charge in [0.05, 0.1) is 0 Å². The number of rotatable bonds is 5. The predicted octanol–water partition coefficient (Wildman–Crippen LogP) is 3.12. The largest absolute Gasteiger partial charge is 0.0648 e. The average Bonchev–Trinajstić information content (AvgIpc) is 1.85. The molecule has 1 unspecified atom stereocenters. The molecule has 0 aromatic carbocycles. The van der Waals surface area contributed by atoms with Gasteiger partial charge in [0.1, 0.15) is 0 Å². The van der Waals surface area contributed by atoms with Crippen molar-refractivity contribution >= 4 is 0 Å². The maximum absolute atomic E-state index is 3.81. The van der Waals surface area contributed by atoms with Crippen molar-refractivity contribution in [2.75, 3.05) is 0 Å². The molecule has 0 bridgehead atoms. The molecule has 3 radical (unpaired) electrons. The van der Waals surface area contributed by atoms with Crippen LogP contribution >= 0.6 is 0 Å². The minimum atomic E-state index is 0.794. The van der Waals surface area contributed by atoms with Gasteiger partial charge in [-0.3, -0.25) is 0 Å². The first-order valence-corrected chi connectivity index (χ1v) is 3.81. The lowest BCUT2D eigenvalue weighted by Crippen LogP contribution is -1.92. The molecule has 0 saturated carbocycles. The molecule has 0 amide bonds. The highest BCUT2D eigenvalue weighted by molar-refractivity contribution is 4.66. The Labute approximate surface area is 59.7 Å². The van der Waals surface area contributed by atoms with Crippen molar-refractivity contribution in [1.29, 1.82) is 0 Å². The standard InChI is InChI=1S/C9H17/c1-4-6-8-9(3)7-5-2/h9H,2,4-5,7-8H2,1,3H3. The fourth-order valence-electron chi connectivity index (χ4n) is 0.841. The normalized spacial score (nSPS) is 13.7. The van der Waals surface area contributed by atoms with Crippen molar-refractivity contribution in [2.45, 2.75) is 39.5 Å². The summed E-state index contributed by atoms with van der Waals surface area (Å²) in [6.07, 6.45) is 7.84. The molecule has 0 spiro atoms. The second-order valence-corrected chi connectivity index (χ2v) is 2.56. The van der Waals surface area contributed by atoms with Crippen molar-refractivity contribution in [1.82, 2.24) is 0 Å². The van der Waals surface area contributed by atoms with Gasteiger partial charge in [0, 0.05) is 0 Å². The van der Waals surface area contributed by atoms with E-state index < -0.39 is 0 Å². The summed E-state index contributed by atoms with van der Waals surface area (Å²) in [6, 6.07) is 0. The van der Waals surface area contributed by atoms with Gasteiger partial charge in [-0.15, -0.1) is 0 Å². The van der Waals surface area contributed by atoms with Crippen LogP contribution in [0.2, 0.25) is 0 Å². The van der Waals surface area contributed by atoms with Gasteiger partial charge in [0.15, 0.2) is 0 Å². The topological polar surface area (TPSA) is 0 Å². The lowest BCUT2D eigenvalue weighted by atomic mass is 10.00. The smallest absolute Gasteiger partial charge is 0.0174 e. The Morgan fingerprint density at radius 1 is 1.56 bits per heavy atom. The summed E-state index contributed by atoms with van der Waals surface area (Å²) in [7, 11) is 0. The monoisotopic (exact) mass is 125 g/mol. The van der Waals surface area contributed by atoms with E-state index in [2.05, 4.69) is 27.2 Å². The summed E-state index contributed by atoms with van der Waals surface area (Å²) < 4.78 is 0. The SMILES string of the molecule is [CH2]CCC(C)C[C]CC. The summed E-state index contributed by atoms with van der Waals surface area (Å²) in [4.78, 5) is 0. The molecule has 9 heavy (non-hydrogen) atoms. The Kier molecular flexibility index (Phi) is 6.12. The minimum Gasteiger partial charge on any atom is -0.0648 e. The summed E-state index contributed by atoms with van der Waals surface area (Å²) in [6.45, 7) is 8.20. The first kappa shape index (κ1) is 9.00. The molecule has 0 nitrogen and oxygen atoms in total. The van der Waals surface area contributed by atoms with E-state index >= 15 is 0 Å². The first-order chi connectivity index (χ1) is 4.31. The number of hydrogen-bond donors (Lipinski definition) is 0. The fraction of sp³-hybridized carbons (Fsp3) is 0.778. The quantitative estimate of drug-likeness (QED) is 0.529. The molecular formula is C9H17. The summed E-state index contributed by atoms with van der Waals surface area (Å²) in [5.74, 6) is 0.794. The molecule has 0 aromatic heterocycles.